The molecule has 1 fully saturated rings. The molecule has 0 bridgehead atoms. The zero-order valence-corrected chi connectivity index (χ0v) is 10.9. The van der Waals surface area contributed by atoms with Gasteiger partial charge < -0.3 is 10.4 Å². The maximum Gasteiger partial charge on any atom is 0.281 e. The summed E-state index contributed by atoms with van der Waals surface area (Å²) in [5, 5.41) is 12.7. The average molecular weight is 251 g/mol. The van der Waals surface area contributed by atoms with Crippen molar-refractivity contribution in [1.29, 1.82) is 0 Å². The summed E-state index contributed by atoms with van der Waals surface area (Å²) in [5.41, 5.74) is -1.02. The molecule has 0 aromatic carbocycles. The Kier molecular flexibility index (Phi) is 4.30. The number of piperazine rings is 1. The molecular formula is C9H21N3O3S. The van der Waals surface area contributed by atoms with Crippen LogP contribution in [0.5, 0.6) is 0 Å². The van der Waals surface area contributed by atoms with Gasteiger partial charge in [-0.15, -0.1) is 0 Å². The molecule has 0 aliphatic carbocycles. The first-order valence-electron chi connectivity index (χ1n) is 5.38. The first kappa shape index (κ1) is 13.9. The van der Waals surface area contributed by atoms with Crippen LogP contribution in [0.25, 0.3) is 0 Å². The summed E-state index contributed by atoms with van der Waals surface area (Å²) >= 11 is 0. The molecule has 96 valence electrons. The highest BCUT2D eigenvalue weighted by Crippen LogP contribution is 2.11. The summed E-state index contributed by atoms with van der Waals surface area (Å²) in [6.07, 6.45) is 0. The third-order valence-corrected chi connectivity index (χ3v) is 4.34. The van der Waals surface area contributed by atoms with Crippen molar-refractivity contribution in [3.63, 3.8) is 0 Å². The third-order valence-electron chi connectivity index (χ3n) is 2.41. The van der Waals surface area contributed by atoms with E-state index in [4.69, 9.17) is 0 Å². The van der Waals surface area contributed by atoms with Crippen LogP contribution in [0.15, 0.2) is 0 Å². The van der Waals surface area contributed by atoms with Crippen LogP contribution in [-0.4, -0.2) is 67.5 Å². The van der Waals surface area contributed by atoms with E-state index in [1.54, 1.807) is 13.8 Å². The van der Waals surface area contributed by atoms with Crippen LogP contribution in [0.1, 0.15) is 13.8 Å². The molecule has 0 aromatic heterocycles. The molecule has 1 heterocycles. The lowest BCUT2D eigenvalue weighted by atomic mass is 10.1. The molecule has 1 aliphatic heterocycles. The van der Waals surface area contributed by atoms with Crippen LogP contribution in [0.4, 0.5) is 0 Å². The Bertz CT molecular complexity index is 317. The van der Waals surface area contributed by atoms with E-state index in [-0.39, 0.29) is 6.54 Å². The largest absolute Gasteiger partial charge is 0.389 e. The van der Waals surface area contributed by atoms with Gasteiger partial charge in [-0.2, -0.15) is 17.0 Å². The van der Waals surface area contributed by atoms with Gasteiger partial charge in [-0.1, -0.05) is 0 Å². The second-order valence-electron chi connectivity index (χ2n) is 4.73. The number of nitrogens with one attached hydrogen (secondary N) is 1. The molecule has 0 spiro atoms. The smallest absolute Gasteiger partial charge is 0.281 e. The number of nitrogens with zero attached hydrogens (tertiary/aromatic N) is 2. The Morgan fingerprint density at radius 2 is 1.88 bits per heavy atom. The molecule has 2 N–H and O–H groups in total. The highest BCUT2D eigenvalue weighted by Gasteiger charge is 2.30. The van der Waals surface area contributed by atoms with E-state index < -0.39 is 15.8 Å². The van der Waals surface area contributed by atoms with Crippen LogP contribution >= 0.6 is 0 Å². The molecule has 1 aliphatic rings. The van der Waals surface area contributed by atoms with Crippen molar-refractivity contribution in [1.82, 2.24) is 13.9 Å². The van der Waals surface area contributed by atoms with Crippen molar-refractivity contribution in [3.05, 3.63) is 0 Å². The van der Waals surface area contributed by atoms with Crippen molar-refractivity contribution < 1.29 is 13.5 Å². The van der Waals surface area contributed by atoms with Crippen LogP contribution in [0.3, 0.4) is 0 Å². The fraction of sp³-hybridized carbons (Fsp3) is 1.00. The molecule has 0 saturated carbocycles. The van der Waals surface area contributed by atoms with Gasteiger partial charge >= 0.3 is 0 Å². The van der Waals surface area contributed by atoms with Crippen LogP contribution in [0, 0.1) is 0 Å². The second kappa shape index (κ2) is 4.97. The van der Waals surface area contributed by atoms with Gasteiger partial charge in [-0.25, -0.2) is 0 Å². The lowest BCUT2D eigenvalue weighted by molar-refractivity contribution is 0.0624. The van der Waals surface area contributed by atoms with Crippen molar-refractivity contribution in [2.75, 3.05) is 39.8 Å². The predicted octanol–water partition coefficient (Wildman–Crippen LogP) is -1.16. The third kappa shape index (κ3) is 3.67. The monoisotopic (exact) mass is 251 g/mol. The quantitative estimate of drug-likeness (QED) is 0.661. The first-order chi connectivity index (χ1) is 7.23. The zero-order valence-electron chi connectivity index (χ0n) is 10.1. The van der Waals surface area contributed by atoms with E-state index in [2.05, 4.69) is 5.32 Å². The fourth-order valence-corrected chi connectivity index (χ4v) is 3.22. The zero-order chi connectivity index (χ0) is 12.4. The van der Waals surface area contributed by atoms with Gasteiger partial charge in [0.2, 0.25) is 0 Å². The normalized spacial score (nSPS) is 20.3. The average Bonchev–Trinajstić information content (AvgIpc) is 2.16. The van der Waals surface area contributed by atoms with Crippen molar-refractivity contribution in [2.45, 2.75) is 19.4 Å². The van der Waals surface area contributed by atoms with Crippen molar-refractivity contribution in [2.24, 2.45) is 0 Å². The summed E-state index contributed by atoms with van der Waals surface area (Å²) in [5.74, 6) is 0. The standard InChI is InChI=1S/C9H21N3O3S/c1-9(2,13)8-11(3)16(14,15)12-6-4-10-5-7-12/h10,13H,4-8H2,1-3H3. The summed E-state index contributed by atoms with van der Waals surface area (Å²) in [4.78, 5) is 0. The Morgan fingerprint density at radius 3 is 2.31 bits per heavy atom. The Hall–Kier alpha value is -0.210. The number of hydrogen-bond donors (Lipinski definition) is 2. The van der Waals surface area contributed by atoms with Crippen LogP contribution in [0.2, 0.25) is 0 Å². The minimum Gasteiger partial charge on any atom is -0.389 e. The van der Waals surface area contributed by atoms with Gasteiger partial charge in [0.25, 0.3) is 10.2 Å². The van der Waals surface area contributed by atoms with Gasteiger partial charge in [0.15, 0.2) is 0 Å². The van der Waals surface area contributed by atoms with Crippen molar-refractivity contribution >= 4 is 10.2 Å². The van der Waals surface area contributed by atoms with Crippen LogP contribution in [-0.2, 0) is 10.2 Å². The molecule has 0 atom stereocenters. The number of rotatable bonds is 4. The van der Waals surface area contributed by atoms with E-state index in [9.17, 15) is 13.5 Å². The van der Waals surface area contributed by atoms with E-state index in [1.807, 2.05) is 0 Å². The molecular weight excluding hydrogens is 230 g/mol. The lowest BCUT2D eigenvalue weighted by Gasteiger charge is -2.32. The van der Waals surface area contributed by atoms with Crippen molar-refractivity contribution in [3.8, 4) is 0 Å². The Labute approximate surface area is 97.4 Å². The topological polar surface area (TPSA) is 72.9 Å². The molecule has 7 heteroatoms. The minimum atomic E-state index is -3.43. The number of hydrogen-bond acceptors (Lipinski definition) is 4. The lowest BCUT2D eigenvalue weighted by Crippen LogP contribution is -2.52. The van der Waals surface area contributed by atoms with Gasteiger partial charge in [-0.3, -0.25) is 0 Å². The molecule has 0 radical (unpaired) electrons. The molecule has 0 amide bonds. The van der Waals surface area contributed by atoms with Gasteiger partial charge in [0.05, 0.1) is 5.60 Å². The van der Waals surface area contributed by atoms with Gasteiger partial charge in [0.1, 0.15) is 0 Å². The Morgan fingerprint density at radius 1 is 1.38 bits per heavy atom. The van der Waals surface area contributed by atoms with Gasteiger partial charge in [0, 0.05) is 39.8 Å². The summed E-state index contributed by atoms with van der Waals surface area (Å²) in [6.45, 7) is 5.61. The van der Waals surface area contributed by atoms with Crippen LogP contribution < -0.4 is 5.32 Å². The van der Waals surface area contributed by atoms with E-state index in [0.717, 1.165) is 0 Å². The van der Waals surface area contributed by atoms with E-state index in [0.29, 0.717) is 26.2 Å². The second-order valence-corrected chi connectivity index (χ2v) is 6.76. The summed E-state index contributed by atoms with van der Waals surface area (Å²) in [7, 11) is -1.93. The molecule has 1 saturated heterocycles. The fourth-order valence-electron chi connectivity index (χ4n) is 1.70. The molecule has 6 nitrogen and oxygen atoms in total. The van der Waals surface area contributed by atoms with E-state index in [1.165, 1.54) is 15.7 Å². The van der Waals surface area contributed by atoms with E-state index >= 15 is 0 Å². The summed E-state index contributed by atoms with van der Waals surface area (Å²) in [6, 6.07) is 0. The molecule has 0 unspecified atom stereocenters. The molecule has 1 rings (SSSR count). The predicted molar refractivity (Wildman–Crippen MR) is 62.3 cm³/mol. The van der Waals surface area contributed by atoms with Gasteiger partial charge in [-0.05, 0) is 13.8 Å². The maximum absolute atomic E-state index is 12.1. The first-order valence-corrected chi connectivity index (χ1v) is 6.78. The minimum absolute atomic E-state index is 0.0965. The highest BCUT2D eigenvalue weighted by molar-refractivity contribution is 7.86. The Balaban J connectivity index is 2.68. The summed E-state index contributed by atoms with van der Waals surface area (Å²) < 4.78 is 26.8. The molecule has 16 heavy (non-hydrogen) atoms. The highest BCUT2D eigenvalue weighted by atomic mass is 32.2. The molecule has 0 aromatic rings. The number of likely N-dealkylation sites (N-methyl/N-ethyl adjacent to an activating group) is 1. The number of aliphatic hydroxyl groups is 1. The SMILES string of the molecule is CN(CC(C)(C)O)S(=O)(=O)N1CCNCC1. The maximum atomic E-state index is 12.1.